The topological polar surface area (TPSA) is 37.3 Å². The number of carbonyl (C=O) groups is 1. The number of rotatable bonds is 2. The maximum absolute atomic E-state index is 11.0. The van der Waals surface area contributed by atoms with Gasteiger partial charge in [-0.1, -0.05) is 0 Å². The summed E-state index contributed by atoms with van der Waals surface area (Å²) >= 11 is 4.83. The molecule has 4 rings (SSSR count). The Hall–Kier alpha value is -0.180. The van der Waals surface area contributed by atoms with Gasteiger partial charge in [0.2, 0.25) is 0 Å². The fourth-order valence-corrected chi connectivity index (χ4v) is 5.78. The van der Waals surface area contributed by atoms with Gasteiger partial charge in [-0.3, -0.25) is 4.79 Å². The van der Waals surface area contributed by atoms with Crippen molar-refractivity contribution in [3.05, 3.63) is 0 Å². The second kappa shape index (κ2) is 2.93. The van der Waals surface area contributed by atoms with Crippen molar-refractivity contribution in [1.82, 2.24) is 0 Å². The number of thiol groups is 1. The minimum atomic E-state index is -0.617. The molecule has 4 aliphatic rings. The van der Waals surface area contributed by atoms with Crippen molar-refractivity contribution in [1.29, 1.82) is 0 Å². The average molecular weight is 226 g/mol. The Bertz CT molecular complexity index is 299. The van der Waals surface area contributed by atoms with Crippen LogP contribution < -0.4 is 0 Å². The van der Waals surface area contributed by atoms with E-state index >= 15 is 0 Å². The van der Waals surface area contributed by atoms with Crippen molar-refractivity contribution < 1.29 is 9.90 Å². The summed E-state index contributed by atoms with van der Waals surface area (Å²) in [6, 6.07) is 0. The van der Waals surface area contributed by atoms with E-state index in [4.69, 9.17) is 17.7 Å². The third kappa shape index (κ3) is 1.59. The number of carboxylic acid groups (broad SMARTS) is 1. The van der Waals surface area contributed by atoms with Gasteiger partial charge in [-0.15, -0.1) is 0 Å². The van der Waals surface area contributed by atoms with Gasteiger partial charge in [-0.05, 0) is 55.8 Å². The molecule has 0 radical (unpaired) electrons. The van der Waals surface area contributed by atoms with E-state index in [1.54, 1.807) is 0 Å². The van der Waals surface area contributed by atoms with E-state index in [-0.39, 0.29) is 10.2 Å². The molecule has 0 saturated heterocycles. The van der Waals surface area contributed by atoms with Crippen LogP contribution in [0.4, 0.5) is 0 Å². The Morgan fingerprint density at radius 1 is 1.27 bits per heavy atom. The molecule has 0 heterocycles. The van der Waals surface area contributed by atoms with Crippen molar-refractivity contribution in [2.45, 2.75) is 49.7 Å². The van der Waals surface area contributed by atoms with E-state index in [0.29, 0.717) is 6.42 Å². The van der Waals surface area contributed by atoms with E-state index in [1.165, 1.54) is 19.3 Å². The summed E-state index contributed by atoms with van der Waals surface area (Å²) in [7, 11) is 0. The van der Waals surface area contributed by atoms with E-state index in [1.807, 2.05) is 0 Å². The van der Waals surface area contributed by atoms with Crippen molar-refractivity contribution in [2.75, 3.05) is 0 Å². The van der Waals surface area contributed by atoms with Crippen LogP contribution in [0.5, 0.6) is 0 Å². The van der Waals surface area contributed by atoms with Gasteiger partial charge < -0.3 is 5.11 Å². The molecule has 0 spiro atoms. The average Bonchev–Trinajstić information content (AvgIpc) is 1.94. The zero-order chi connectivity index (χ0) is 10.7. The van der Waals surface area contributed by atoms with Gasteiger partial charge in [-0.2, -0.15) is 12.6 Å². The molecule has 0 aromatic carbocycles. The molecule has 15 heavy (non-hydrogen) atoms. The molecule has 0 aromatic heterocycles. The van der Waals surface area contributed by atoms with Crippen LogP contribution in [0.1, 0.15) is 44.9 Å². The van der Waals surface area contributed by atoms with Gasteiger partial charge in [0.1, 0.15) is 0 Å². The van der Waals surface area contributed by atoms with Crippen LogP contribution in [-0.2, 0) is 4.79 Å². The molecule has 4 aliphatic carbocycles. The largest absolute Gasteiger partial charge is 0.481 e. The molecule has 0 aliphatic heterocycles. The van der Waals surface area contributed by atoms with Crippen molar-refractivity contribution in [2.24, 2.45) is 17.3 Å². The van der Waals surface area contributed by atoms with Crippen LogP contribution in [0.2, 0.25) is 0 Å². The van der Waals surface area contributed by atoms with Gasteiger partial charge in [-0.25, -0.2) is 0 Å². The highest BCUT2D eigenvalue weighted by molar-refractivity contribution is 7.81. The minimum absolute atomic E-state index is 0.109. The lowest BCUT2D eigenvalue weighted by Crippen LogP contribution is -2.53. The van der Waals surface area contributed by atoms with E-state index in [9.17, 15) is 4.79 Å². The Morgan fingerprint density at radius 2 is 1.87 bits per heavy atom. The van der Waals surface area contributed by atoms with Crippen LogP contribution in [0.15, 0.2) is 0 Å². The lowest BCUT2D eigenvalue weighted by molar-refractivity contribution is -0.144. The van der Waals surface area contributed by atoms with Gasteiger partial charge >= 0.3 is 5.97 Å². The van der Waals surface area contributed by atoms with Crippen LogP contribution in [0.25, 0.3) is 0 Å². The summed E-state index contributed by atoms with van der Waals surface area (Å²) in [6.07, 6.45) is 7.52. The van der Waals surface area contributed by atoms with E-state index in [2.05, 4.69) is 0 Å². The number of carboxylic acids is 1. The van der Waals surface area contributed by atoms with Crippen molar-refractivity contribution >= 4 is 18.6 Å². The van der Waals surface area contributed by atoms with Crippen LogP contribution >= 0.6 is 12.6 Å². The molecule has 2 atom stereocenters. The molecule has 4 fully saturated rings. The molecule has 3 heteroatoms. The van der Waals surface area contributed by atoms with Gasteiger partial charge in [0, 0.05) is 4.75 Å². The first-order chi connectivity index (χ1) is 6.99. The third-order valence-corrected chi connectivity index (χ3v) is 5.20. The number of hydrogen-bond donors (Lipinski definition) is 2. The number of aliphatic carboxylic acids is 1. The predicted molar refractivity (Wildman–Crippen MR) is 61.1 cm³/mol. The molecule has 4 saturated carbocycles. The fourth-order valence-electron chi connectivity index (χ4n) is 4.93. The lowest BCUT2D eigenvalue weighted by atomic mass is 9.48. The van der Waals surface area contributed by atoms with Crippen LogP contribution in [0.3, 0.4) is 0 Å². The Kier molecular flexibility index (Phi) is 1.96. The summed E-state index contributed by atoms with van der Waals surface area (Å²) in [5, 5.41) is 9.03. The van der Waals surface area contributed by atoms with Gasteiger partial charge in [0.25, 0.3) is 0 Å². The minimum Gasteiger partial charge on any atom is -0.481 e. The van der Waals surface area contributed by atoms with Crippen LogP contribution in [0, 0.1) is 17.3 Å². The molecule has 2 nitrogen and oxygen atoms in total. The summed E-state index contributed by atoms with van der Waals surface area (Å²) in [6.45, 7) is 0. The second-order valence-electron chi connectivity index (χ2n) is 6.26. The first kappa shape index (κ1) is 10.0. The first-order valence-corrected chi connectivity index (χ1v) is 6.38. The quantitative estimate of drug-likeness (QED) is 0.710. The lowest BCUT2D eigenvalue weighted by Gasteiger charge is -2.60. The molecule has 0 aromatic rings. The fraction of sp³-hybridized carbons (Fsp3) is 0.917. The normalized spacial score (nSPS) is 52.1. The standard InChI is InChI=1S/C12H18O2S/c13-10(14)6-11-2-8-1-9(3-11)5-12(15,4-8)7-11/h8-9,15H,1-7H2,(H,13,14)/t8-,9-,11?,12?/m0/s1. The molecular weight excluding hydrogens is 208 g/mol. The first-order valence-electron chi connectivity index (χ1n) is 5.93. The summed E-state index contributed by atoms with van der Waals surface area (Å²) < 4.78 is 0.180. The zero-order valence-electron chi connectivity index (χ0n) is 8.91. The monoisotopic (exact) mass is 226 g/mol. The Balaban J connectivity index is 1.89. The Labute approximate surface area is 95.8 Å². The van der Waals surface area contributed by atoms with E-state index < -0.39 is 5.97 Å². The summed E-state index contributed by atoms with van der Waals surface area (Å²) in [4.78, 5) is 11.0. The summed E-state index contributed by atoms with van der Waals surface area (Å²) in [5.41, 5.74) is 0.109. The smallest absolute Gasteiger partial charge is 0.303 e. The number of hydrogen-bond acceptors (Lipinski definition) is 2. The highest BCUT2D eigenvalue weighted by Gasteiger charge is 2.56. The molecule has 0 unspecified atom stereocenters. The molecular formula is C12H18O2S. The molecule has 84 valence electrons. The highest BCUT2D eigenvalue weighted by Crippen LogP contribution is 2.64. The third-order valence-electron chi connectivity index (χ3n) is 4.68. The SMILES string of the molecule is O=C(O)CC12C[C@@H]3C[C@H](CC(S)(C3)C1)C2. The van der Waals surface area contributed by atoms with Gasteiger partial charge in [0.05, 0.1) is 6.42 Å². The van der Waals surface area contributed by atoms with Crippen molar-refractivity contribution in [3.8, 4) is 0 Å². The molecule has 4 bridgehead atoms. The van der Waals surface area contributed by atoms with Crippen LogP contribution in [-0.4, -0.2) is 15.8 Å². The van der Waals surface area contributed by atoms with Crippen molar-refractivity contribution in [3.63, 3.8) is 0 Å². The van der Waals surface area contributed by atoms with E-state index in [0.717, 1.165) is 31.1 Å². The molecule has 1 N–H and O–H groups in total. The predicted octanol–water partition coefficient (Wildman–Crippen LogP) is 2.73. The molecule has 0 amide bonds. The Morgan fingerprint density at radius 3 is 2.33 bits per heavy atom. The highest BCUT2D eigenvalue weighted by atomic mass is 32.1. The maximum atomic E-state index is 11.0. The summed E-state index contributed by atoms with van der Waals surface area (Å²) in [5.74, 6) is 0.917. The second-order valence-corrected chi connectivity index (χ2v) is 7.20. The maximum Gasteiger partial charge on any atom is 0.303 e. The zero-order valence-corrected chi connectivity index (χ0v) is 9.80. The van der Waals surface area contributed by atoms with Gasteiger partial charge in [0.15, 0.2) is 0 Å².